The molecular formula is C20H34N2O5. The Balaban J connectivity index is 2.73. The number of esters is 1. The van der Waals surface area contributed by atoms with Crippen LogP contribution in [0.15, 0.2) is 0 Å². The van der Waals surface area contributed by atoms with Crippen molar-refractivity contribution in [2.75, 3.05) is 13.7 Å². The standard InChI is InChI=1S/C20H34N2O5/c1-18(2,3)14(21-17(25)27-19(4,5)6)15(23)22-10-11-12(20(11,7)8)13(22)16(24)26-9/h11-14H,10H2,1-9H3,(H,21,25)/t11-,12-,13-,14?/m0/s1/i1D3,2D3,3D3. The van der Waals surface area contributed by atoms with Crippen molar-refractivity contribution in [1.82, 2.24) is 10.2 Å². The summed E-state index contributed by atoms with van der Waals surface area (Å²) in [4.78, 5) is 40.2. The first-order valence-electron chi connectivity index (χ1n) is 13.2. The summed E-state index contributed by atoms with van der Waals surface area (Å²) in [6.45, 7) is -3.31. The number of hydrogen-bond donors (Lipinski definition) is 1. The van der Waals surface area contributed by atoms with Gasteiger partial charge in [-0.2, -0.15) is 0 Å². The molecule has 0 aromatic heterocycles. The van der Waals surface area contributed by atoms with Crippen LogP contribution in [0.1, 0.15) is 67.5 Å². The molecule has 0 bridgehead atoms. The third-order valence-corrected chi connectivity index (χ3v) is 5.28. The molecule has 154 valence electrons. The molecule has 1 aliphatic carbocycles. The van der Waals surface area contributed by atoms with Crippen LogP contribution in [-0.4, -0.2) is 54.2 Å². The quantitative estimate of drug-likeness (QED) is 0.748. The van der Waals surface area contributed by atoms with Crippen molar-refractivity contribution in [1.29, 1.82) is 0 Å². The minimum atomic E-state index is -3.79. The zero-order valence-corrected chi connectivity index (χ0v) is 16.5. The molecule has 2 fully saturated rings. The fourth-order valence-corrected chi connectivity index (χ4v) is 3.85. The van der Waals surface area contributed by atoms with Gasteiger partial charge in [0.05, 0.1) is 7.11 Å². The summed E-state index contributed by atoms with van der Waals surface area (Å²) in [6.07, 6.45) is -1.39. The Morgan fingerprint density at radius 2 is 1.81 bits per heavy atom. The van der Waals surface area contributed by atoms with E-state index in [0.29, 0.717) is 0 Å². The predicted octanol–water partition coefficient (Wildman–Crippen LogP) is 2.58. The highest BCUT2D eigenvalue weighted by molar-refractivity contribution is 5.91. The maximum Gasteiger partial charge on any atom is 0.408 e. The van der Waals surface area contributed by atoms with Crippen molar-refractivity contribution in [3.63, 3.8) is 0 Å². The Morgan fingerprint density at radius 3 is 2.30 bits per heavy atom. The lowest BCUT2D eigenvalue weighted by molar-refractivity contribution is -0.154. The van der Waals surface area contributed by atoms with Crippen LogP contribution in [0, 0.1) is 22.7 Å². The number of ether oxygens (including phenoxy) is 2. The van der Waals surface area contributed by atoms with Gasteiger partial charge in [-0.15, -0.1) is 0 Å². The lowest BCUT2D eigenvalue weighted by Gasteiger charge is -2.37. The van der Waals surface area contributed by atoms with E-state index in [1.54, 1.807) is 0 Å². The number of carbonyl (C=O) groups is 3. The van der Waals surface area contributed by atoms with E-state index in [-0.39, 0.29) is 23.8 Å². The Labute approximate surface area is 174 Å². The Kier molecular flexibility index (Phi) is 2.95. The molecule has 2 aliphatic rings. The summed E-state index contributed by atoms with van der Waals surface area (Å²) in [5.74, 6) is -2.73. The van der Waals surface area contributed by atoms with Crippen molar-refractivity contribution < 1.29 is 36.2 Å². The summed E-state index contributed by atoms with van der Waals surface area (Å²) in [5.41, 5.74) is -5.24. The molecule has 0 aromatic carbocycles. The second-order valence-corrected chi connectivity index (χ2v) is 8.80. The van der Waals surface area contributed by atoms with Crippen molar-refractivity contribution in [3.8, 4) is 0 Å². The van der Waals surface area contributed by atoms with Crippen LogP contribution < -0.4 is 5.32 Å². The molecule has 2 rings (SSSR count). The smallest absolute Gasteiger partial charge is 0.408 e. The van der Waals surface area contributed by atoms with Crippen LogP contribution >= 0.6 is 0 Å². The van der Waals surface area contributed by atoms with Gasteiger partial charge in [0, 0.05) is 24.8 Å². The molecular weight excluding hydrogens is 348 g/mol. The van der Waals surface area contributed by atoms with Crippen molar-refractivity contribution >= 4 is 18.0 Å². The van der Waals surface area contributed by atoms with Gasteiger partial charge in [0.2, 0.25) is 5.91 Å². The molecule has 7 nitrogen and oxygen atoms in total. The average molecular weight is 392 g/mol. The van der Waals surface area contributed by atoms with Crippen molar-refractivity contribution in [3.05, 3.63) is 0 Å². The number of fused-ring (bicyclic) bond motifs is 1. The van der Waals surface area contributed by atoms with Crippen LogP contribution in [0.2, 0.25) is 0 Å². The molecule has 27 heavy (non-hydrogen) atoms. The molecule has 1 saturated carbocycles. The van der Waals surface area contributed by atoms with Gasteiger partial charge in [0.25, 0.3) is 0 Å². The molecule has 1 aliphatic heterocycles. The molecule has 7 heteroatoms. The third kappa shape index (κ3) is 4.22. The SMILES string of the molecule is [2H]C([2H])([2H])C(C(NC(=O)OC(C)(C)C)C(=O)N1C[C@H]2[C@@H]([C@H]1C(=O)OC)C2(C)C)(C([2H])([2H])[2H])C([2H])([2H])[2H]. The summed E-state index contributed by atoms with van der Waals surface area (Å²) >= 11 is 0. The average Bonchev–Trinajstić information content (AvgIpc) is 2.96. The Hall–Kier alpha value is -1.79. The molecule has 1 N–H and O–H groups in total. The van der Waals surface area contributed by atoms with Gasteiger partial charge in [0.15, 0.2) is 0 Å². The van der Waals surface area contributed by atoms with Gasteiger partial charge >= 0.3 is 12.1 Å². The summed E-state index contributed by atoms with van der Waals surface area (Å²) in [6, 6.07) is -3.83. The highest BCUT2D eigenvalue weighted by atomic mass is 16.6. The van der Waals surface area contributed by atoms with Crippen LogP contribution in [0.4, 0.5) is 4.79 Å². The predicted molar refractivity (Wildman–Crippen MR) is 101 cm³/mol. The lowest BCUT2D eigenvalue weighted by atomic mass is 9.85. The van der Waals surface area contributed by atoms with Crippen LogP contribution in [-0.2, 0) is 19.1 Å². The van der Waals surface area contributed by atoms with Crippen LogP contribution in [0.3, 0.4) is 0 Å². The van der Waals surface area contributed by atoms with Gasteiger partial charge in [-0.1, -0.05) is 34.4 Å². The van der Waals surface area contributed by atoms with E-state index in [1.165, 1.54) is 20.8 Å². The minimum Gasteiger partial charge on any atom is -0.467 e. The zero-order valence-electron chi connectivity index (χ0n) is 25.5. The largest absolute Gasteiger partial charge is 0.467 e. The number of carbonyl (C=O) groups excluding carboxylic acids is 3. The maximum atomic E-state index is 13.9. The van der Waals surface area contributed by atoms with E-state index in [0.717, 1.165) is 12.0 Å². The molecule has 0 aromatic rings. The first-order valence-corrected chi connectivity index (χ1v) is 8.74. The molecule has 4 atom stereocenters. The maximum absolute atomic E-state index is 13.9. The zero-order chi connectivity index (χ0) is 28.4. The number of methoxy groups -OCH3 is 1. The molecule has 1 heterocycles. The van der Waals surface area contributed by atoms with E-state index in [9.17, 15) is 14.4 Å². The number of likely N-dealkylation sites (tertiary alicyclic amines) is 1. The molecule has 1 saturated heterocycles. The molecule has 2 amide bonds. The van der Waals surface area contributed by atoms with E-state index in [1.807, 2.05) is 19.2 Å². The Bertz CT molecular complexity index is 869. The summed E-state index contributed by atoms with van der Waals surface area (Å²) < 4.78 is 82.0. The monoisotopic (exact) mass is 391 g/mol. The number of nitrogens with zero attached hydrogens (tertiary/aromatic N) is 1. The molecule has 0 spiro atoms. The lowest BCUT2D eigenvalue weighted by Crippen LogP contribution is -2.58. The molecule has 0 radical (unpaired) electrons. The highest BCUT2D eigenvalue weighted by Gasteiger charge is 2.70. The minimum absolute atomic E-state index is 0.0815. The van der Waals surface area contributed by atoms with Gasteiger partial charge in [-0.3, -0.25) is 4.79 Å². The molecule has 1 unspecified atom stereocenters. The van der Waals surface area contributed by atoms with Crippen LogP contribution in [0.5, 0.6) is 0 Å². The number of hydrogen-bond acceptors (Lipinski definition) is 5. The summed E-state index contributed by atoms with van der Waals surface area (Å²) in [7, 11) is 1.10. The highest BCUT2D eigenvalue weighted by Crippen LogP contribution is 2.65. The first-order chi connectivity index (χ1) is 15.9. The summed E-state index contributed by atoms with van der Waals surface area (Å²) in [5, 5.41) is 1.95. The van der Waals surface area contributed by atoms with Gasteiger partial charge < -0.3 is 19.7 Å². The second-order valence-electron chi connectivity index (χ2n) is 8.80. The topological polar surface area (TPSA) is 84.9 Å². The first kappa shape index (κ1) is 11.9. The Morgan fingerprint density at radius 1 is 1.22 bits per heavy atom. The van der Waals surface area contributed by atoms with Gasteiger partial charge in [-0.25, -0.2) is 9.59 Å². The van der Waals surface area contributed by atoms with Crippen LogP contribution in [0.25, 0.3) is 0 Å². The number of rotatable bonds is 3. The van der Waals surface area contributed by atoms with Gasteiger partial charge in [-0.05, 0) is 37.5 Å². The second kappa shape index (κ2) is 6.67. The fraction of sp³-hybridized carbons (Fsp3) is 0.850. The van der Waals surface area contributed by atoms with E-state index < -0.39 is 61.6 Å². The third-order valence-electron chi connectivity index (χ3n) is 5.28. The fourth-order valence-electron chi connectivity index (χ4n) is 3.85. The van der Waals surface area contributed by atoms with E-state index in [2.05, 4.69) is 0 Å². The van der Waals surface area contributed by atoms with E-state index >= 15 is 0 Å². The van der Waals surface area contributed by atoms with E-state index in [4.69, 9.17) is 21.8 Å². The van der Waals surface area contributed by atoms with Crippen molar-refractivity contribution in [2.24, 2.45) is 22.7 Å². The number of piperidine rings is 1. The normalized spacial score (nSPS) is 33.8. The number of nitrogens with one attached hydrogen (secondary N) is 1. The number of amides is 2. The number of alkyl carbamates (subject to hydrolysis) is 1. The van der Waals surface area contributed by atoms with Gasteiger partial charge in [0.1, 0.15) is 17.7 Å². The van der Waals surface area contributed by atoms with Crippen molar-refractivity contribution in [2.45, 2.75) is 72.9 Å².